The minimum absolute atomic E-state index is 0.308. The molecule has 0 spiro atoms. The molecule has 2 heterocycles. The fraction of sp³-hybridized carbons (Fsp3) is 0.704. The SMILES string of the molecule is CCCCC1(O)N(C)C(O[SiH3])(C2CCCCC2)C(C)(C)N(C)C1(C)c1c[nH]c2ccccc12. The summed E-state index contributed by atoms with van der Waals surface area (Å²) in [4.78, 5) is 8.23. The Labute approximate surface area is 203 Å². The van der Waals surface area contributed by atoms with Crippen LogP contribution in [0.5, 0.6) is 0 Å². The van der Waals surface area contributed by atoms with Crippen LogP contribution < -0.4 is 0 Å². The lowest BCUT2D eigenvalue weighted by Gasteiger charge is -2.73. The van der Waals surface area contributed by atoms with Crippen molar-refractivity contribution < 1.29 is 9.53 Å². The monoisotopic (exact) mass is 471 g/mol. The molecule has 6 heteroatoms. The molecule has 1 aromatic heterocycles. The van der Waals surface area contributed by atoms with E-state index >= 15 is 0 Å². The maximum absolute atomic E-state index is 12.9. The second kappa shape index (κ2) is 8.79. The number of H-pyrrole nitrogens is 1. The lowest BCUT2D eigenvalue weighted by atomic mass is 9.63. The Hall–Kier alpha value is -1.18. The molecule has 2 aliphatic rings. The maximum atomic E-state index is 12.9. The summed E-state index contributed by atoms with van der Waals surface area (Å²) in [6.45, 7) is 9.12. The molecule has 2 aromatic rings. The Morgan fingerprint density at radius 2 is 1.76 bits per heavy atom. The molecule has 3 unspecified atom stereocenters. The summed E-state index contributed by atoms with van der Waals surface area (Å²) in [5.41, 5.74) is -0.272. The van der Waals surface area contributed by atoms with E-state index in [0.717, 1.165) is 36.8 Å². The summed E-state index contributed by atoms with van der Waals surface area (Å²) < 4.78 is 6.75. The number of hydrogen-bond acceptors (Lipinski definition) is 4. The van der Waals surface area contributed by atoms with Gasteiger partial charge in [-0.05, 0) is 66.6 Å². The number of piperazine rings is 1. The first-order chi connectivity index (χ1) is 15.6. The number of likely N-dealkylation sites (N-methyl/N-ethyl adjacent to an activating group) is 2. The fourth-order valence-corrected chi connectivity index (χ4v) is 8.71. The average molecular weight is 472 g/mol. The van der Waals surface area contributed by atoms with E-state index in [1.807, 2.05) is 0 Å². The van der Waals surface area contributed by atoms with Gasteiger partial charge >= 0.3 is 0 Å². The van der Waals surface area contributed by atoms with Crippen molar-refractivity contribution in [3.63, 3.8) is 0 Å². The quantitative estimate of drug-likeness (QED) is 0.610. The van der Waals surface area contributed by atoms with E-state index in [9.17, 15) is 5.11 Å². The third-order valence-corrected chi connectivity index (χ3v) is 10.3. The molecule has 3 atom stereocenters. The van der Waals surface area contributed by atoms with Crippen LogP contribution in [0.4, 0.5) is 0 Å². The number of para-hydroxylation sites is 1. The number of nitrogens with one attached hydrogen (secondary N) is 1. The third-order valence-electron chi connectivity index (χ3n) is 9.68. The van der Waals surface area contributed by atoms with Gasteiger partial charge in [-0.25, -0.2) is 4.90 Å². The average Bonchev–Trinajstić information content (AvgIpc) is 3.26. The second-order valence-electron chi connectivity index (χ2n) is 11.2. The zero-order valence-corrected chi connectivity index (χ0v) is 23.9. The minimum atomic E-state index is -1.08. The number of fused-ring (bicyclic) bond motifs is 1. The van der Waals surface area contributed by atoms with Crippen LogP contribution in [0.15, 0.2) is 30.5 Å². The standard InChI is InChI=1S/C27H45N3O2Si/c1-7-8-18-26(31)25(4,22-19-28-23-17-13-12-16-21(22)23)29(5)24(2,3)27(32-33,30(26)6)20-14-10-9-11-15-20/h12-13,16-17,19-20,28,31H,7-11,14-15,18H2,1-6,33H3. The Morgan fingerprint density at radius 3 is 2.39 bits per heavy atom. The van der Waals surface area contributed by atoms with Crippen LogP contribution in [0.25, 0.3) is 10.9 Å². The number of hydrogen-bond donors (Lipinski definition) is 2. The predicted octanol–water partition coefficient (Wildman–Crippen LogP) is 4.49. The van der Waals surface area contributed by atoms with Crippen LogP contribution in [0.2, 0.25) is 0 Å². The van der Waals surface area contributed by atoms with Crippen molar-refractivity contribution >= 4 is 21.4 Å². The molecule has 0 bridgehead atoms. The molecule has 1 aliphatic carbocycles. The van der Waals surface area contributed by atoms with Crippen LogP contribution in [0.1, 0.15) is 84.6 Å². The van der Waals surface area contributed by atoms with Gasteiger partial charge in [0, 0.05) is 28.6 Å². The zero-order valence-electron chi connectivity index (χ0n) is 21.9. The summed E-state index contributed by atoms with van der Waals surface area (Å²) in [5.74, 6) is 0.409. The van der Waals surface area contributed by atoms with Gasteiger partial charge < -0.3 is 14.5 Å². The van der Waals surface area contributed by atoms with E-state index in [2.05, 4.69) is 87.0 Å². The van der Waals surface area contributed by atoms with E-state index in [4.69, 9.17) is 4.43 Å². The lowest BCUT2D eigenvalue weighted by Crippen LogP contribution is -2.87. The van der Waals surface area contributed by atoms with Crippen molar-refractivity contribution in [3.8, 4) is 0 Å². The first-order valence-corrected chi connectivity index (χ1v) is 13.8. The Morgan fingerprint density at radius 1 is 1.09 bits per heavy atom. The minimum Gasteiger partial charge on any atom is -0.408 e. The molecule has 184 valence electrons. The number of benzene rings is 1. The summed E-state index contributed by atoms with van der Waals surface area (Å²) in [7, 11) is 4.99. The largest absolute Gasteiger partial charge is 0.408 e. The summed E-state index contributed by atoms with van der Waals surface area (Å²) in [6, 6.07) is 8.47. The van der Waals surface area contributed by atoms with Gasteiger partial charge in [0.1, 0.15) is 21.9 Å². The van der Waals surface area contributed by atoms with Gasteiger partial charge in [0.25, 0.3) is 0 Å². The molecule has 33 heavy (non-hydrogen) atoms. The van der Waals surface area contributed by atoms with Crippen LogP contribution in [0.3, 0.4) is 0 Å². The number of unbranched alkanes of at least 4 members (excludes halogenated alkanes) is 1. The van der Waals surface area contributed by atoms with E-state index in [-0.39, 0.29) is 5.54 Å². The number of aliphatic hydroxyl groups is 1. The second-order valence-corrected chi connectivity index (χ2v) is 11.6. The van der Waals surface area contributed by atoms with E-state index in [1.165, 1.54) is 24.6 Å². The van der Waals surface area contributed by atoms with Crippen molar-refractivity contribution in [3.05, 3.63) is 36.0 Å². The van der Waals surface area contributed by atoms with Crippen molar-refractivity contribution in [2.24, 2.45) is 5.92 Å². The molecule has 1 saturated heterocycles. The highest BCUT2D eigenvalue weighted by molar-refractivity contribution is 5.98. The van der Waals surface area contributed by atoms with E-state index < -0.39 is 17.0 Å². The van der Waals surface area contributed by atoms with Crippen LogP contribution in [-0.4, -0.2) is 61.5 Å². The van der Waals surface area contributed by atoms with Gasteiger partial charge in [0.05, 0.1) is 11.1 Å². The van der Waals surface area contributed by atoms with Gasteiger partial charge in [-0.1, -0.05) is 50.8 Å². The molecule has 1 aliphatic heterocycles. The van der Waals surface area contributed by atoms with Gasteiger partial charge in [0.2, 0.25) is 0 Å². The van der Waals surface area contributed by atoms with E-state index in [0.29, 0.717) is 22.8 Å². The number of nitrogens with zero attached hydrogens (tertiary/aromatic N) is 2. The molecule has 0 amide bonds. The first-order valence-electron chi connectivity index (χ1n) is 12.9. The van der Waals surface area contributed by atoms with Crippen molar-refractivity contribution in [1.29, 1.82) is 0 Å². The van der Waals surface area contributed by atoms with Crippen molar-refractivity contribution in [2.45, 2.75) is 102 Å². The van der Waals surface area contributed by atoms with Crippen molar-refractivity contribution in [2.75, 3.05) is 14.1 Å². The topological polar surface area (TPSA) is 51.7 Å². The number of aromatic nitrogens is 1. The molecule has 2 N–H and O–H groups in total. The molecule has 0 radical (unpaired) electrons. The fourth-order valence-electron chi connectivity index (χ4n) is 7.61. The van der Waals surface area contributed by atoms with Crippen LogP contribution in [-0.2, 0) is 9.96 Å². The molecule has 2 fully saturated rings. The molecule has 1 saturated carbocycles. The lowest BCUT2D eigenvalue weighted by molar-refractivity contribution is -0.365. The molecule has 4 rings (SSSR count). The van der Waals surface area contributed by atoms with Crippen molar-refractivity contribution in [1.82, 2.24) is 14.8 Å². The van der Waals surface area contributed by atoms with Crippen LogP contribution in [0, 0.1) is 5.92 Å². The number of rotatable bonds is 6. The Bertz CT molecular complexity index is 971. The van der Waals surface area contributed by atoms with Gasteiger partial charge in [-0.15, -0.1) is 0 Å². The molecule has 5 nitrogen and oxygen atoms in total. The molecular weight excluding hydrogens is 426 g/mol. The molecular formula is C27H45N3O2Si. The summed E-state index contributed by atoms with van der Waals surface area (Å²) in [6.07, 6.45) is 11.0. The third kappa shape index (κ3) is 3.24. The predicted molar refractivity (Wildman–Crippen MR) is 140 cm³/mol. The van der Waals surface area contributed by atoms with Gasteiger partial charge in [0.15, 0.2) is 0 Å². The first kappa shape index (κ1) is 24.9. The normalized spacial score (nSPS) is 34.3. The summed E-state index contributed by atoms with van der Waals surface area (Å²) >= 11 is 0. The number of aromatic amines is 1. The Kier molecular flexibility index (Phi) is 6.64. The highest BCUT2D eigenvalue weighted by atomic mass is 28.2. The zero-order chi connectivity index (χ0) is 24.1. The Balaban J connectivity index is 1.97. The highest BCUT2D eigenvalue weighted by Gasteiger charge is 2.71. The highest BCUT2D eigenvalue weighted by Crippen LogP contribution is 2.59. The smallest absolute Gasteiger partial charge is 0.148 e. The van der Waals surface area contributed by atoms with Gasteiger partial charge in [-0.3, -0.25) is 4.90 Å². The molecule has 1 aromatic carbocycles. The summed E-state index contributed by atoms with van der Waals surface area (Å²) in [5, 5.41) is 14.1. The van der Waals surface area contributed by atoms with E-state index in [1.54, 1.807) is 0 Å². The maximum Gasteiger partial charge on any atom is 0.148 e. The van der Waals surface area contributed by atoms with Gasteiger partial charge in [-0.2, -0.15) is 0 Å². The van der Waals surface area contributed by atoms with Crippen LogP contribution >= 0.6 is 0 Å².